The number of rotatable bonds is 2. The van der Waals surface area contributed by atoms with Crippen molar-refractivity contribution < 1.29 is 5.11 Å². The van der Waals surface area contributed by atoms with E-state index in [4.69, 9.17) is 12.2 Å². The van der Waals surface area contributed by atoms with Crippen molar-refractivity contribution in [1.29, 1.82) is 0 Å². The smallest absolute Gasteiger partial charge is 0.216 e. The van der Waals surface area contributed by atoms with Crippen LogP contribution in [-0.4, -0.2) is 25.7 Å². The van der Waals surface area contributed by atoms with Crippen molar-refractivity contribution in [2.45, 2.75) is 6.92 Å². The predicted octanol–water partition coefficient (Wildman–Crippen LogP) is 1.92. The second-order valence-corrected chi connectivity index (χ2v) is 3.60. The molecule has 0 saturated heterocycles. The molecule has 1 aromatic heterocycles. The zero-order valence-electron chi connectivity index (χ0n) is 8.58. The summed E-state index contributed by atoms with van der Waals surface area (Å²) in [6, 6.07) is 7.00. The molecule has 0 fully saturated rings. The molecule has 16 heavy (non-hydrogen) atoms. The predicted molar refractivity (Wildman–Crippen MR) is 63.1 cm³/mol. The molecule has 0 atom stereocenters. The van der Waals surface area contributed by atoms with Crippen LogP contribution in [0.1, 0.15) is 12.5 Å². The fourth-order valence-electron chi connectivity index (χ4n) is 1.31. The van der Waals surface area contributed by atoms with Crippen molar-refractivity contribution in [2.24, 2.45) is 5.10 Å². The zero-order chi connectivity index (χ0) is 11.5. The first-order valence-corrected chi connectivity index (χ1v) is 5.05. The maximum atomic E-state index is 9.64. The third kappa shape index (κ3) is 2.01. The Morgan fingerprint density at radius 1 is 1.50 bits per heavy atom. The van der Waals surface area contributed by atoms with Crippen molar-refractivity contribution in [3.8, 4) is 5.75 Å². The number of benzene rings is 1. The second kappa shape index (κ2) is 4.28. The van der Waals surface area contributed by atoms with Crippen LogP contribution in [0.5, 0.6) is 5.75 Å². The molecule has 2 N–H and O–H groups in total. The summed E-state index contributed by atoms with van der Waals surface area (Å²) in [5.41, 5.74) is 1.33. The van der Waals surface area contributed by atoms with E-state index in [2.05, 4.69) is 15.3 Å². The Morgan fingerprint density at radius 3 is 2.88 bits per heavy atom. The number of aromatic amines is 1. The molecule has 0 aliphatic heterocycles. The molecular formula is C10H10N4OS. The van der Waals surface area contributed by atoms with Gasteiger partial charge < -0.3 is 5.11 Å². The van der Waals surface area contributed by atoms with E-state index < -0.39 is 0 Å². The van der Waals surface area contributed by atoms with E-state index in [0.717, 1.165) is 0 Å². The van der Waals surface area contributed by atoms with Crippen LogP contribution in [0, 0.1) is 4.77 Å². The summed E-state index contributed by atoms with van der Waals surface area (Å²) in [7, 11) is 0. The standard InChI is InChI=1S/C10H10N4OS/c1-7(8-4-2-3-5-9(8)15)13-14-6-11-12-10(14)16/h2-6,15H,1H3,(H,12,16). The molecule has 82 valence electrons. The van der Waals surface area contributed by atoms with E-state index in [1.807, 2.05) is 6.07 Å². The average molecular weight is 234 g/mol. The Labute approximate surface area is 97.1 Å². The van der Waals surface area contributed by atoms with E-state index in [1.54, 1.807) is 25.1 Å². The topological polar surface area (TPSA) is 66.2 Å². The van der Waals surface area contributed by atoms with Crippen LogP contribution in [0.3, 0.4) is 0 Å². The fraction of sp³-hybridized carbons (Fsp3) is 0.100. The van der Waals surface area contributed by atoms with E-state index in [9.17, 15) is 5.11 Å². The molecule has 2 rings (SSSR count). The molecule has 0 unspecified atom stereocenters. The molecule has 1 aromatic carbocycles. The van der Waals surface area contributed by atoms with Gasteiger partial charge >= 0.3 is 0 Å². The van der Waals surface area contributed by atoms with Gasteiger partial charge in [0.25, 0.3) is 0 Å². The maximum Gasteiger partial charge on any atom is 0.216 e. The van der Waals surface area contributed by atoms with Crippen molar-refractivity contribution in [2.75, 3.05) is 0 Å². The SMILES string of the molecule is CC(=Nn1cn[nH]c1=S)c1ccccc1O. The largest absolute Gasteiger partial charge is 0.507 e. The highest BCUT2D eigenvalue weighted by Gasteiger charge is 2.03. The van der Waals surface area contributed by atoms with Crippen LogP contribution < -0.4 is 0 Å². The molecule has 0 bridgehead atoms. The van der Waals surface area contributed by atoms with Crippen molar-refractivity contribution in [3.63, 3.8) is 0 Å². The molecule has 5 nitrogen and oxygen atoms in total. The molecule has 0 saturated carbocycles. The van der Waals surface area contributed by atoms with Gasteiger partial charge in [0.05, 0.1) is 5.71 Å². The number of H-pyrrole nitrogens is 1. The number of aromatic nitrogens is 3. The third-order valence-corrected chi connectivity index (χ3v) is 2.37. The summed E-state index contributed by atoms with van der Waals surface area (Å²) in [6.45, 7) is 1.80. The number of hydrogen-bond donors (Lipinski definition) is 2. The van der Waals surface area contributed by atoms with Gasteiger partial charge in [-0.2, -0.15) is 14.9 Å². The zero-order valence-corrected chi connectivity index (χ0v) is 9.40. The van der Waals surface area contributed by atoms with Crippen LogP contribution in [0.25, 0.3) is 0 Å². The lowest BCUT2D eigenvalue weighted by Crippen LogP contribution is -1.99. The highest BCUT2D eigenvalue weighted by atomic mass is 32.1. The summed E-state index contributed by atoms with van der Waals surface area (Å²) < 4.78 is 1.85. The number of phenolic OH excluding ortho intramolecular Hbond substituents is 1. The minimum absolute atomic E-state index is 0.193. The quantitative estimate of drug-likeness (QED) is 0.616. The van der Waals surface area contributed by atoms with Crippen LogP contribution in [-0.2, 0) is 0 Å². The van der Waals surface area contributed by atoms with Gasteiger partial charge in [0.15, 0.2) is 0 Å². The Balaban J connectivity index is 2.44. The highest BCUT2D eigenvalue weighted by Crippen LogP contribution is 2.16. The lowest BCUT2D eigenvalue weighted by molar-refractivity contribution is 0.474. The van der Waals surface area contributed by atoms with Crippen LogP contribution >= 0.6 is 12.2 Å². The van der Waals surface area contributed by atoms with Gasteiger partial charge in [0, 0.05) is 5.56 Å². The van der Waals surface area contributed by atoms with Gasteiger partial charge in [-0.05, 0) is 31.3 Å². The monoisotopic (exact) mass is 234 g/mol. The first kappa shape index (κ1) is 10.6. The summed E-state index contributed by atoms with van der Waals surface area (Å²) in [6.07, 6.45) is 1.48. The minimum Gasteiger partial charge on any atom is -0.507 e. The molecule has 0 radical (unpaired) electrons. The van der Waals surface area contributed by atoms with E-state index in [-0.39, 0.29) is 5.75 Å². The number of hydrogen-bond acceptors (Lipinski definition) is 4. The van der Waals surface area contributed by atoms with Crippen LogP contribution in [0.4, 0.5) is 0 Å². The van der Waals surface area contributed by atoms with Gasteiger partial charge in [0.1, 0.15) is 12.1 Å². The van der Waals surface area contributed by atoms with Crippen molar-refractivity contribution in [1.82, 2.24) is 14.9 Å². The molecule has 0 spiro atoms. The van der Waals surface area contributed by atoms with E-state index >= 15 is 0 Å². The summed E-state index contributed by atoms with van der Waals surface area (Å²) >= 11 is 4.96. The minimum atomic E-state index is 0.193. The molecule has 0 aliphatic rings. The molecule has 0 amide bonds. The van der Waals surface area contributed by atoms with Gasteiger partial charge in [-0.15, -0.1) is 0 Å². The molecule has 2 aromatic rings. The maximum absolute atomic E-state index is 9.64. The summed E-state index contributed by atoms with van der Waals surface area (Å²) in [4.78, 5) is 0. The lowest BCUT2D eigenvalue weighted by Gasteiger charge is -2.02. The molecule has 6 heteroatoms. The van der Waals surface area contributed by atoms with E-state index in [1.165, 1.54) is 11.0 Å². The van der Waals surface area contributed by atoms with Crippen LogP contribution in [0.15, 0.2) is 35.7 Å². The Bertz CT molecular complexity index is 584. The van der Waals surface area contributed by atoms with Crippen molar-refractivity contribution in [3.05, 3.63) is 40.9 Å². The Morgan fingerprint density at radius 2 is 2.25 bits per heavy atom. The first-order valence-electron chi connectivity index (χ1n) is 4.64. The summed E-state index contributed by atoms with van der Waals surface area (Å²) in [5.74, 6) is 0.193. The average Bonchev–Trinajstić information content (AvgIpc) is 2.65. The molecule has 1 heterocycles. The van der Waals surface area contributed by atoms with Gasteiger partial charge in [-0.25, -0.2) is 0 Å². The van der Waals surface area contributed by atoms with Crippen LogP contribution in [0.2, 0.25) is 0 Å². The lowest BCUT2D eigenvalue weighted by atomic mass is 10.1. The van der Waals surface area contributed by atoms with Gasteiger partial charge in [-0.3, -0.25) is 5.10 Å². The fourth-order valence-corrected chi connectivity index (χ4v) is 1.45. The third-order valence-electron chi connectivity index (χ3n) is 2.09. The second-order valence-electron chi connectivity index (χ2n) is 3.21. The Kier molecular flexibility index (Phi) is 2.82. The van der Waals surface area contributed by atoms with E-state index in [0.29, 0.717) is 16.0 Å². The molecular weight excluding hydrogens is 224 g/mol. The molecule has 0 aliphatic carbocycles. The van der Waals surface area contributed by atoms with Crippen molar-refractivity contribution >= 4 is 17.9 Å². The number of para-hydroxylation sites is 1. The summed E-state index contributed by atoms with van der Waals surface area (Å²) in [5, 5.41) is 20.2. The number of phenols is 1. The highest BCUT2D eigenvalue weighted by molar-refractivity contribution is 7.71. The number of nitrogens with zero attached hydrogens (tertiary/aromatic N) is 3. The first-order chi connectivity index (χ1) is 7.68. The normalized spacial score (nSPS) is 11.7. The number of aromatic hydroxyl groups is 1. The number of nitrogens with one attached hydrogen (secondary N) is 1. The van der Waals surface area contributed by atoms with Gasteiger partial charge in [-0.1, -0.05) is 12.1 Å². The Hall–Kier alpha value is -1.95. The van der Waals surface area contributed by atoms with Gasteiger partial charge in [0.2, 0.25) is 4.77 Å².